The lowest BCUT2D eigenvalue weighted by Gasteiger charge is -2.12. The second-order valence-electron chi connectivity index (χ2n) is 6.61. The van der Waals surface area contributed by atoms with Gasteiger partial charge >= 0.3 is 0 Å². The number of halogens is 1. The summed E-state index contributed by atoms with van der Waals surface area (Å²) in [5.74, 6) is -0.358. The van der Waals surface area contributed by atoms with Crippen LogP contribution in [0.15, 0.2) is 76.5 Å². The maximum atomic E-state index is 12.7. The molecule has 0 aromatic heterocycles. The van der Waals surface area contributed by atoms with Gasteiger partial charge in [-0.15, -0.1) is 0 Å². The maximum absolute atomic E-state index is 12.7. The van der Waals surface area contributed by atoms with Crippen molar-refractivity contribution in [3.63, 3.8) is 0 Å². The predicted octanol–water partition coefficient (Wildman–Crippen LogP) is 3.35. The van der Waals surface area contributed by atoms with Crippen molar-refractivity contribution in [2.24, 2.45) is 5.14 Å². The van der Waals surface area contributed by atoms with Crippen LogP contribution >= 0.6 is 11.6 Å². The van der Waals surface area contributed by atoms with E-state index in [-0.39, 0.29) is 21.4 Å². The number of nitrogens with one attached hydrogen (secondary N) is 2. The lowest BCUT2D eigenvalue weighted by Crippen LogP contribution is -2.15. The van der Waals surface area contributed by atoms with E-state index in [1.165, 1.54) is 42.5 Å². The number of amides is 1. The Morgan fingerprint density at radius 2 is 1.45 bits per heavy atom. The van der Waals surface area contributed by atoms with Crippen LogP contribution in [0.5, 0.6) is 0 Å². The van der Waals surface area contributed by atoms with E-state index in [0.717, 1.165) is 0 Å². The van der Waals surface area contributed by atoms with Gasteiger partial charge in [0.2, 0.25) is 10.0 Å². The van der Waals surface area contributed by atoms with E-state index in [1.54, 1.807) is 31.2 Å². The summed E-state index contributed by atoms with van der Waals surface area (Å²) < 4.78 is 50.3. The first-order chi connectivity index (χ1) is 14.5. The zero-order valence-corrected chi connectivity index (χ0v) is 18.6. The smallest absolute Gasteiger partial charge is 0.261 e. The first-order valence-electron chi connectivity index (χ1n) is 8.79. The second kappa shape index (κ2) is 8.67. The Morgan fingerprint density at radius 3 is 2.00 bits per heavy atom. The van der Waals surface area contributed by atoms with E-state index in [2.05, 4.69) is 10.0 Å². The topological polar surface area (TPSA) is 135 Å². The first-order valence-corrected chi connectivity index (χ1v) is 12.2. The summed E-state index contributed by atoms with van der Waals surface area (Å²) in [6, 6.07) is 15.6. The van der Waals surface area contributed by atoms with Crippen LogP contribution in [0, 0.1) is 6.92 Å². The minimum Gasteiger partial charge on any atom is -0.322 e. The molecule has 0 spiro atoms. The number of nitrogens with two attached hydrogens (primary N) is 1. The Hall–Kier alpha value is -2.92. The molecule has 0 saturated carbocycles. The first kappa shape index (κ1) is 22.8. The van der Waals surface area contributed by atoms with Gasteiger partial charge in [0.25, 0.3) is 15.9 Å². The molecule has 3 rings (SSSR count). The number of anilines is 2. The summed E-state index contributed by atoms with van der Waals surface area (Å²) in [5.41, 5.74) is 1.57. The molecule has 3 aromatic carbocycles. The fourth-order valence-electron chi connectivity index (χ4n) is 2.67. The SMILES string of the molecule is Cc1cc(S(=O)(=O)Nc2ccc(S(N)(=O)=O)cc2)ccc1NC(=O)c1ccc(Cl)cc1. The van der Waals surface area contributed by atoms with Crippen molar-refractivity contribution in [2.45, 2.75) is 16.7 Å². The highest BCUT2D eigenvalue weighted by Crippen LogP contribution is 2.23. The maximum Gasteiger partial charge on any atom is 0.261 e. The number of sulfonamides is 2. The molecule has 11 heteroatoms. The van der Waals surface area contributed by atoms with E-state index in [9.17, 15) is 21.6 Å². The van der Waals surface area contributed by atoms with Gasteiger partial charge < -0.3 is 5.32 Å². The molecule has 162 valence electrons. The molecule has 0 aliphatic carbocycles. The summed E-state index contributed by atoms with van der Waals surface area (Å²) in [5, 5.41) is 8.27. The van der Waals surface area contributed by atoms with Crippen LogP contribution in [0.1, 0.15) is 15.9 Å². The number of hydrogen-bond acceptors (Lipinski definition) is 5. The van der Waals surface area contributed by atoms with Crippen LogP contribution in [0.3, 0.4) is 0 Å². The Bertz CT molecular complexity index is 1340. The Balaban J connectivity index is 1.77. The summed E-state index contributed by atoms with van der Waals surface area (Å²) in [4.78, 5) is 12.2. The molecule has 0 aliphatic rings. The lowest BCUT2D eigenvalue weighted by molar-refractivity contribution is 0.102. The molecule has 8 nitrogen and oxygen atoms in total. The number of benzene rings is 3. The number of primary sulfonamides is 1. The highest BCUT2D eigenvalue weighted by atomic mass is 35.5. The third kappa shape index (κ3) is 5.61. The second-order valence-corrected chi connectivity index (χ2v) is 10.3. The molecule has 0 fully saturated rings. The molecular weight excluding hydrogens is 462 g/mol. The third-order valence-corrected chi connectivity index (χ3v) is 6.86. The van der Waals surface area contributed by atoms with Crippen LogP contribution < -0.4 is 15.2 Å². The van der Waals surface area contributed by atoms with Crippen molar-refractivity contribution in [3.05, 3.63) is 82.9 Å². The summed E-state index contributed by atoms with van der Waals surface area (Å²) >= 11 is 5.82. The van der Waals surface area contributed by atoms with Gasteiger partial charge in [-0.1, -0.05) is 11.6 Å². The number of aryl methyl sites for hydroxylation is 1. The highest BCUT2D eigenvalue weighted by Gasteiger charge is 2.17. The zero-order valence-electron chi connectivity index (χ0n) is 16.2. The van der Waals surface area contributed by atoms with E-state index in [0.29, 0.717) is 21.8 Å². The van der Waals surface area contributed by atoms with Gasteiger partial charge in [-0.05, 0) is 79.2 Å². The Labute approximate surface area is 185 Å². The molecule has 31 heavy (non-hydrogen) atoms. The highest BCUT2D eigenvalue weighted by molar-refractivity contribution is 7.92. The summed E-state index contributed by atoms with van der Waals surface area (Å²) in [6.07, 6.45) is 0. The fourth-order valence-corrected chi connectivity index (χ4v) is 4.45. The zero-order chi connectivity index (χ0) is 22.8. The van der Waals surface area contributed by atoms with Crippen LogP contribution in [0.4, 0.5) is 11.4 Å². The number of hydrogen-bond donors (Lipinski definition) is 3. The van der Waals surface area contributed by atoms with Crippen molar-refractivity contribution >= 4 is 48.9 Å². The van der Waals surface area contributed by atoms with Crippen molar-refractivity contribution in [1.29, 1.82) is 0 Å². The number of carbonyl (C=O) groups is 1. The van der Waals surface area contributed by atoms with E-state index >= 15 is 0 Å². The van der Waals surface area contributed by atoms with E-state index in [4.69, 9.17) is 16.7 Å². The van der Waals surface area contributed by atoms with Gasteiger partial charge in [0.05, 0.1) is 9.79 Å². The van der Waals surface area contributed by atoms with Crippen molar-refractivity contribution in [3.8, 4) is 0 Å². The number of rotatable bonds is 6. The Kier molecular flexibility index (Phi) is 6.37. The quantitative estimate of drug-likeness (QED) is 0.498. The van der Waals surface area contributed by atoms with Gasteiger partial charge in [0.1, 0.15) is 0 Å². The van der Waals surface area contributed by atoms with E-state index in [1.807, 2.05) is 0 Å². The predicted molar refractivity (Wildman–Crippen MR) is 119 cm³/mol. The molecule has 0 unspecified atom stereocenters. The van der Waals surface area contributed by atoms with Gasteiger partial charge in [0.15, 0.2) is 0 Å². The van der Waals surface area contributed by atoms with Crippen LogP contribution in [0.25, 0.3) is 0 Å². The van der Waals surface area contributed by atoms with Gasteiger partial charge in [-0.25, -0.2) is 22.0 Å². The molecule has 0 saturated heterocycles. The molecule has 0 atom stereocenters. The van der Waals surface area contributed by atoms with Crippen molar-refractivity contribution in [1.82, 2.24) is 0 Å². The monoisotopic (exact) mass is 479 g/mol. The minimum absolute atomic E-state index is 0.0231. The van der Waals surface area contributed by atoms with Crippen LogP contribution in [0.2, 0.25) is 5.02 Å². The standard InChI is InChI=1S/C20H18ClN3O5S2/c1-13-12-18(10-11-19(13)23-20(25)14-2-4-15(21)5-3-14)31(28,29)24-16-6-8-17(9-7-16)30(22,26)27/h2-12,24H,1H3,(H,23,25)(H2,22,26,27). The van der Waals surface area contributed by atoms with Crippen molar-refractivity contribution < 1.29 is 21.6 Å². The fraction of sp³-hybridized carbons (Fsp3) is 0.0500. The molecule has 0 bridgehead atoms. The third-order valence-electron chi connectivity index (χ3n) is 4.30. The average Bonchev–Trinajstić information content (AvgIpc) is 2.69. The molecule has 1 amide bonds. The van der Waals surface area contributed by atoms with Crippen LogP contribution in [-0.2, 0) is 20.0 Å². The molecular formula is C20H18ClN3O5S2. The number of carbonyl (C=O) groups excluding carboxylic acids is 1. The normalized spacial score (nSPS) is 11.7. The van der Waals surface area contributed by atoms with Crippen molar-refractivity contribution in [2.75, 3.05) is 10.0 Å². The summed E-state index contributed by atoms with van der Waals surface area (Å²) in [6.45, 7) is 1.66. The minimum atomic E-state index is -3.94. The molecule has 0 radical (unpaired) electrons. The molecule has 0 aliphatic heterocycles. The molecule has 3 aromatic rings. The van der Waals surface area contributed by atoms with E-state index < -0.39 is 20.0 Å². The molecule has 0 heterocycles. The largest absolute Gasteiger partial charge is 0.322 e. The lowest BCUT2D eigenvalue weighted by atomic mass is 10.1. The molecule has 4 N–H and O–H groups in total. The van der Waals surface area contributed by atoms with Gasteiger partial charge in [-0.3, -0.25) is 9.52 Å². The average molecular weight is 480 g/mol. The summed E-state index contributed by atoms with van der Waals surface area (Å²) in [7, 11) is -7.82. The van der Waals surface area contributed by atoms with Crippen LogP contribution in [-0.4, -0.2) is 22.7 Å². The van der Waals surface area contributed by atoms with Gasteiger partial charge in [0, 0.05) is 22.0 Å². The van der Waals surface area contributed by atoms with Gasteiger partial charge in [-0.2, -0.15) is 0 Å². The Morgan fingerprint density at radius 1 is 0.871 bits per heavy atom.